The molecule has 1 aromatic heterocycles. The van der Waals surface area contributed by atoms with Crippen molar-refractivity contribution < 1.29 is 14.0 Å². The second-order valence-electron chi connectivity index (χ2n) is 6.43. The first kappa shape index (κ1) is 18.8. The highest BCUT2D eigenvalue weighted by molar-refractivity contribution is 8.00. The lowest BCUT2D eigenvalue weighted by Gasteiger charge is -2.09. The molecule has 0 bridgehead atoms. The summed E-state index contributed by atoms with van der Waals surface area (Å²) in [7, 11) is 0. The van der Waals surface area contributed by atoms with E-state index in [0.29, 0.717) is 16.1 Å². The van der Waals surface area contributed by atoms with Crippen molar-refractivity contribution in [1.82, 2.24) is 0 Å². The van der Waals surface area contributed by atoms with Crippen LogP contribution in [0.25, 0.3) is 22.3 Å². The number of hydrogen-bond donors (Lipinski definition) is 2. The number of nitrogens with one attached hydrogen (secondary N) is 1. The minimum Gasteiger partial charge on any atom is -0.456 e. The fourth-order valence-corrected chi connectivity index (χ4v) is 3.76. The lowest BCUT2D eigenvalue weighted by Crippen LogP contribution is -2.15. The number of hydrogen-bond acceptors (Lipinski definition) is 4. The van der Waals surface area contributed by atoms with Crippen molar-refractivity contribution in [2.45, 2.75) is 4.90 Å². The summed E-state index contributed by atoms with van der Waals surface area (Å²) in [6, 6.07) is 24.4. The van der Waals surface area contributed by atoms with Crippen LogP contribution in [0.5, 0.6) is 0 Å². The Balaban J connectivity index is 1.50. The molecule has 6 heteroatoms. The number of rotatable bonds is 6. The van der Waals surface area contributed by atoms with Crippen LogP contribution in [0.1, 0.15) is 10.4 Å². The summed E-state index contributed by atoms with van der Waals surface area (Å²) in [6.45, 7) is 0. The highest BCUT2D eigenvalue weighted by Crippen LogP contribution is 2.29. The van der Waals surface area contributed by atoms with E-state index in [1.165, 1.54) is 11.8 Å². The van der Waals surface area contributed by atoms with E-state index in [1.54, 1.807) is 18.2 Å². The summed E-state index contributed by atoms with van der Waals surface area (Å²) in [5.74, 6) is 0.231. The van der Waals surface area contributed by atoms with Crippen LogP contribution in [-0.2, 0) is 4.79 Å². The number of primary amides is 1. The van der Waals surface area contributed by atoms with E-state index in [4.69, 9.17) is 10.2 Å². The monoisotopic (exact) mass is 402 g/mol. The van der Waals surface area contributed by atoms with Gasteiger partial charge >= 0.3 is 0 Å². The number of carbonyl (C=O) groups is 2. The maximum atomic E-state index is 12.7. The molecule has 0 atom stereocenters. The molecule has 5 nitrogen and oxygen atoms in total. The lowest BCUT2D eigenvalue weighted by atomic mass is 10.1. The van der Waals surface area contributed by atoms with Gasteiger partial charge in [-0.15, -0.1) is 11.8 Å². The molecule has 0 saturated carbocycles. The van der Waals surface area contributed by atoms with Gasteiger partial charge in [0.1, 0.15) is 11.3 Å². The average Bonchev–Trinajstić information content (AvgIpc) is 3.17. The van der Waals surface area contributed by atoms with Gasteiger partial charge < -0.3 is 15.5 Å². The number of benzene rings is 3. The fraction of sp³-hybridized carbons (Fsp3) is 0.0435. The number of fused-ring (bicyclic) bond motifs is 1. The van der Waals surface area contributed by atoms with Crippen LogP contribution in [0.2, 0.25) is 0 Å². The molecule has 0 saturated heterocycles. The van der Waals surface area contributed by atoms with Crippen LogP contribution in [0.3, 0.4) is 0 Å². The van der Waals surface area contributed by atoms with E-state index in [1.807, 2.05) is 60.7 Å². The van der Waals surface area contributed by atoms with Crippen LogP contribution >= 0.6 is 11.8 Å². The third kappa shape index (κ3) is 4.33. The number of amides is 2. The van der Waals surface area contributed by atoms with Gasteiger partial charge in [-0.1, -0.05) is 30.3 Å². The number of anilines is 1. The third-order valence-corrected chi connectivity index (χ3v) is 5.45. The van der Waals surface area contributed by atoms with E-state index in [0.717, 1.165) is 22.3 Å². The van der Waals surface area contributed by atoms with Crippen LogP contribution in [0.4, 0.5) is 5.69 Å². The smallest absolute Gasteiger partial charge is 0.256 e. The molecule has 0 aliphatic rings. The van der Waals surface area contributed by atoms with Crippen molar-refractivity contribution in [1.29, 1.82) is 0 Å². The van der Waals surface area contributed by atoms with Crippen molar-refractivity contribution in [2.75, 3.05) is 11.1 Å². The third-order valence-electron chi connectivity index (χ3n) is 4.35. The zero-order valence-corrected chi connectivity index (χ0v) is 16.2. The lowest BCUT2D eigenvalue weighted by molar-refractivity contribution is -0.115. The van der Waals surface area contributed by atoms with Crippen LogP contribution in [0.15, 0.2) is 88.2 Å². The Morgan fingerprint density at radius 3 is 2.41 bits per heavy atom. The number of para-hydroxylation sites is 1. The normalized spacial score (nSPS) is 10.8. The Hall–Kier alpha value is -3.51. The number of thioether (sulfide) groups is 1. The van der Waals surface area contributed by atoms with Crippen LogP contribution in [-0.4, -0.2) is 17.6 Å². The second-order valence-corrected chi connectivity index (χ2v) is 7.45. The molecular weight excluding hydrogens is 384 g/mol. The van der Waals surface area contributed by atoms with Crippen molar-refractivity contribution >= 4 is 40.2 Å². The summed E-state index contributed by atoms with van der Waals surface area (Å²) < 4.78 is 5.88. The maximum Gasteiger partial charge on any atom is 0.256 e. The number of furan rings is 1. The molecule has 0 radical (unpaired) electrons. The van der Waals surface area contributed by atoms with E-state index < -0.39 is 5.91 Å². The van der Waals surface area contributed by atoms with Crippen molar-refractivity contribution in [2.24, 2.45) is 5.73 Å². The molecule has 3 N–H and O–H groups in total. The fourth-order valence-electron chi connectivity index (χ4n) is 2.97. The van der Waals surface area contributed by atoms with Gasteiger partial charge in [0, 0.05) is 21.5 Å². The van der Waals surface area contributed by atoms with Gasteiger partial charge in [0.25, 0.3) is 5.91 Å². The first-order valence-corrected chi connectivity index (χ1v) is 9.99. The van der Waals surface area contributed by atoms with Crippen molar-refractivity contribution in [3.63, 3.8) is 0 Å². The Morgan fingerprint density at radius 1 is 0.931 bits per heavy atom. The van der Waals surface area contributed by atoms with Gasteiger partial charge in [-0.3, -0.25) is 9.59 Å². The largest absolute Gasteiger partial charge is 0.456 e. The summed E-state index contributed by atoms with van der Waals surface area (Å²) >= 11 is 1.25. The zero-order chi connectivity index (χ0) is 20.2. The molecule has 2 amide bonds. The van der Waals surface area contributed by atoms with Crippen LogP contribution in [0, 0.1) is 0 Å². The quantitative estimate of drug-likeness (QED) is 0.448. The first-order valence-electron chi connectivity index (χ1n) is 9.00. The van der Waals surface area contributed by atoms with Gasteiger partial charge in [0.2, 0.25) is 5.91 Å². The Labute approximate surface area is 171 Å². The summed E-state index contributed by atoms with van der Waals surface area (Å²) in [5, 5.41) is 3.94. The first-order chi connectivity index (χ1) is 14.1. The molecule has 0 aliphatic heterocycles. The van der Waals surface area contributed by atoms with Gasteiger partial charge in [0.05, 0.1) is 11.3 Å². The minimum atomic E-state index is -0.425. The second kappa shape index (κ2) is 8.24. The van der Waals surface area contributed by atoms with E-state index >= 15 is 0 Å². The molecule has 0 aliphatic carbocycles. The number of nitrogens with two attached hydrogens (primary N) is 1. The van der Waals surface area contributed by atoms with Gasteiger partial charge in [0.15, 0.2) is 0 Å². The Morgan fingerprint density at radius 2 is 1.66 bits per heavy atom. The Bertz CT molecular complexity index is 1150. The predicted octanol–water partition coefficient (Wildman–Crippen LogP) is 4.93. The Kier molecular flexibility index (Phi) is 5.35. The molecule has 0 unspecified atom stereocenters. The number of carbonyl (C=O) groups excluding carboxylic acids is 2. The summed E-state index contributed by atoms with van der Waals surface area (Å²) in [6.07, 6.45) is 0. The molecule has 144 valence electrons. The molecular formula is C23H18N2O3S. The van der Waals surface area contributed by atoms with E-state index in [9.17, 15) is 9.59 Å². The van der Waals surface area contributed by atoms with Gasteiger partial charge in [-0.2, -0.15) is 0 Å². The SMILES string of the molecule is NC(=O)CSc1ccccc1C(=O)Nc1ccc(-c2cc3ccccc3o2)cc1. The van der Waals surface area contributed by atoms with Crippen LogP contribution < -0.4 is 11.1 Å². The molecule has 4 rings (SSSR count). The summed E-state index contributed by atoms with van der Waals surface area (Å²) in [4.78, 5) is 24.4. The van der Waals surface area contributed by atoms with Crippen molar-refractivity contribution in [3.8, 4) is 11.3 Å². The minimum absolute atomic E-state index is 0.122. The molecule has 29 heavy (non-hydrogen) atoms. The molecule has 1 heterocycles. The van der Waals surface area contributed by atoms with E-state index in [-0.39, 0.29) is 11.7 Å². The highest BCUT2D eigenvalue weighted by atomic mass is 32.2. The molecule has 3 aromatic carbocycles. The topological polar surface area (TPSA) is 85.3 Å². The van der Waals surface area contributed by atoms with E-state index in [2.05, 4.69) is 5.32 Å². The van der Waals surface area contributed by atoms with Crippen molar-refractivity contribution in [3.05, 3.63) is 84.4 Å². The van der Waals surface area contributed by atoms with Gasteiger partial charge in [-0.05, 0) is 48.5 Å². The van der Waals surface area contributed by atoms with Gasteiger partial charge in [-0.25, -0.2) is 0 Å². The predicted molar refractivity (Wildman–Crippen MR) is 116 cm³/mol. The highest BCUT2D eigenvalue weighted by Gasteiger charge is 2.13. The molecule has 0 spiro atoms. The standard InChI is InChI=1S/C23H18N2O3S/c24-22(26)14-29-21-8-4-2-6-18(21)23(27)25-17-11-9-15(10-12-17)20-13-16-5-1-3-7-19(16)28-20/h1-13H,14H2,(H2,24,26)(H,25,27). The average molecular weight is 402 g/mol. The molecule has 0 fully saturated rings. The summed E-state index contributed by atoms with van der Waals surface area (Å²) in [5.41, 5.74) is 8.15. The zero-order valence-electron chi connectivity index (χ0n) is 15.4. The molecule has 4 aromatic rings. The maximum absolute atomic E-state index is 12.7.